The van der Waals surface area contributed by atoms with Crippen LogP contribution < -0.4 is 10.6 Å². The zero-order chi connectivity index (χ0) is 14.4. The van der Waals surface area contributed by atoms with E-state index in [0.29, 0.717) is 26.2 Å². The van der Waals surface area contributed by atoms with Gasteiger partial charge in [-0.25, -0.2) is 4.39 Å². The molecule has 6 heteroatoms. The van der Waals surface area contributed by atoms with Crippen molar-refractivity contribution in [1.29, 1.82) is 0 Å². The Morgan fingerprint density at radius 1 is 1.20 bits per heavy atom. The first kappa shape index (κ1) is 14.7. The van der Waals surface area contributed by atoms with Gasteiger partial charge in [-0.1, -0.05) is 0 Å². The minimum Gasteiger partial charge on any atom is -0.370 e. The van der Waals surface area contributed by atoms with Crippen LogP contribution in [-0.4, -0.2) is 56.7 Å². The fourth-order valence-corrected chi connectivity index (χ4v) is 2.20. The maximum absolute atomic E-state index is 12.9. The average molecular weight is 281 g/mol. The van der Waals surface area contributed by atoms with Gasteiger partial charge in [0.1, 0.15) is 12.4 Å². The summed E-state index contributed by atoms with van der Waals surface area (Å²) in [6, 6.07) is 6.43. The lowest BCUT2D eigenvalue weighted by molar-refractivity contribution is -0.136. The Bertz CT molecular complexity index is 431. The minimum atomic E-state index is -0.236. The smallest absolute Gasteiger partial charge is 0.248 e. The van der Waals surface area contributed by atoms with Gasteiger partial charge in [0.25, 0.3) is 0 Å². The summed E-state index contributed by atoms with van der Waals surface area (Å²) in [6.07, 6.45) is 0. The number of anilines is 1. The third-order valence-corrected chi connectivity index (χ3v) is 3.31. The predicted molar refractivity (Wildman–Crippen MR) is 75.1 cm³/mol. The molecule has 0 saturated carbocycles. The zero-order valence-electron chi connectivity index (χ0n) is 11.4. The first-order valence-electron chi connectivity index (χ1n) is 6.77. The molecule has 1 aliphatic rings. The van der Waals surface area contributed by atoms with E-state index < -0.39 is 0 Å². The molecule has 0 aliphatic carbocycles. The van der Waals surface area contributed by atoms with Crippen LogP contribution in [0, 0.1) is 5.82 Å². The molecule has 0 atom stereocenters. The SMILES string of the molecule is NCCOCC(=O)N1CCN(c2ccc(F)cc2)CC1. The molecule has 20 heavy (non-hydrogen) atoms. The molecule has 0 aromatic heterocycles. The molecule has 2 N–H and O–H groups in total. The van der Waals surface area contributed by atoms with Crippen LogP contribution in [0.3, 0.4) is 0 Å². The molecule has 0 spiro atoms. The van der Waals surface area contributed by atoms with E-state index in [1.165, 1.54) is 12.1 Å². The van der Waals surface area contributed by atoms with Crippen molar-refractivity contribution in [3.05, 3.63) is 30.1 Å². The highest BCUT2D eigenvalue weighted by Gasteiger charge is 2.21. The van der Waals surface area contributed by atoms with E-state index in [1.54, 1.807) is 17.0 Å². The molecule has 1 aliphatic heterocycles. The topological polar surface area (TPSA) is 58.8 Å². The molecule has 1 heterocycles. The van der Waals surface area contributed by atoms with Crippen LogP contribution >= 0.6 is 0 Å². The summed E-state index contributed by atoms with van der Waals surface area (Å²) < 4.78 is 18.0. The van der Waals surface area contributed by atoms with Crippen LogP contribution in [0.15, 0.2) is 24.3 Å². The molecule has 5 nitrogen and oxygen atoms in total. The number of carbonyl (C=O) groups excluding carboxylic acids is 1. The van der Waals surface area contributed by atoms with Crippen molar-refractivity contribution in [2.75, 3.05) is 50.8 Å². The highest BCUT2D eigenvalue weighted by molar-refractivity contribution is 5.77. The Morgan fingerprint density at radius 2 is 1.85 bits per heavy atom. The van der Waals surface area contributed by atoms with E-state index >= 15 is 0 Å². The molecular weight excluding hydrogens is 261 g/mol. The third-order valence-electron chi connectivity index (χ3n) is 3.31. The lowest BCUT2D eigenvalue weighted by Crippen LogP contribution is -2.49. The van der Waals surface area contributed by atoms with Crippen molar-refractivity contribution in [2.24, 2.45) is 5.73 Å². The number of rotatable bonds is 5. The van der Waals surface area contributed by atoms with Crippen molar-refractivity contribution < 1.29 is 13.9 Å². The van der Waals surface area contributed by atoms with Gasteiger partial charge in [0, 0.05) is 38.4 Å². The van der Waals surface area contributed by atoms with Gasteiger partial charge >= 0.3 is 0 Å². The first-order chi connectivity index (χ1) is 9.70. The Labute approximate surface area is 118 Å². The van der Waals surface area contributed by atoms with Crippen molar-refractivity contribution in [2.45, 2.75) is 0 Å². The zero-order valence-corrected chi connectivity index (χ0v) is 11.4. The number of carbonyl (C=O) groups is 1. The van der Waals surface area contributed by atoms with Crippen molar-refractivity contribution in [1.82, 2.24) is 4.90 Å². The van der Waals surface area contributed by atoms with Crippen molar-refractivity contribution in [3.8, 4) is 0 Å². The number of ether oxygens (including phenoxy) is 1. The summed E-state index contributed by atoms with van der Waals surface area (Å²) in [4.78, 5) is 15.8. The number of halogens is 1. The standard InChI is InChI=1S/C14H20FN3O2/c15-12-1-3-13(4-2-12)17-6-8-18(9-7-17)14(19)11-20-10-5-16/h1-4H,5-11,16H2. The highest BCUT2D eigenvalue weighted by Crippen LogP contribution is 2.16. The number of hydrogen-bond donors (Lipinski definition) is 1. The summed E-state index contributed by atoms with van der Waals surface area (Å²) in [5.74, 6) is -0.239. The molecule has 0 unspecified atom stereocenters. The first-order valence-corrected chi connectivity index (χ1v) is 6.77. The van der Waals surface area contributed by atoms with Gasteiger partial charge < -0.3 is 20.3 Å². The molecule has 1 saturated heterocycles. The van der Waals surface area contributed by atoms with Crippen LogP contribution in [-0.2, 0) is 9.53 Å². The Morgan fingerprint density at radius 3 is 2.45 bits per heavy atom. The second-order valence-corrected chi connectivity index (χ2v) is 4.69. The molecule has 1 amide bonds. The third kappa shape index (κ3) is 3.91. The molecule has 1 fully saturated rings. The normalized spacial score (nSPS) is 15.5. The molecular formula is C14H20FN3O2. The summed E-state index contributed by atoms with van der Waals surface area (Å²) in [7, 11) is 0. The number of nitrogens with zero attached hydrogens (tertiary/aromatic N) is 2. The number of benzene rings is 1. The van der Waals surface area contributed by atoms with E-state index in [2.05, 4.69) is 4.90 Å². The Kier molecular flexibility index (Phi) is 5.31. The fraction of sp³-hybridized carbons (Fsp3) is 0.500. The Balaban J connectivity index is 1.80. The number of amides is 1. The van der Waals surface area contributed by atoms with Crippen LogP contribution in [0.4, 0.5) is 10.1 Å². The molecule has 1 aromatic carbocycles. The molecule has 0 radical (unpaired) electrons. The second-order valence-electron chi connectivity index (χ2n) is 4.69. The monoisotopic (exact) mass is 281 g/mol. The largest absolute Gasteiger partial charge is 0.370 e. The van der Waals surface area contributed by atoms with E-state index in [9.17, 15) is 9.18 Å². The van der Waals surface area contributed by atoms with E-state index in [1.807, 2.05) is 0 Å². The predicted octanol–water partition coefficient (Wildman–Crippen LogP) is 0.450. The minimum absolute atomic E-state index is 0.00259. The van der Waals surface area contributed by atoms with E-state index in [-0.39, 0.29) is 18.3 Å². The van der Waals surface area contributed by atoms with Crippen LogP contribution in [0.2, 0.25) is 0 Å². The average Bonchev–Trinajstić information content (AvgIpc) is 2.48. The van der Waals surface area contributed by atoms with E-state index in [0.717, 1.165) is 18.8 Å². The summed E-state index contributed by atoms with van der Waals surface area (Å²) in [6.45, 7) is 3.72. The van der Waals surface area contributed by atoms with Gasteiger partial charge in [0.05, 0.1) is 6.61 Å². The van der Waals surface area contributed by atoms with Gasteiger partial charge in [0.2, 0.25) is 5.91 Å². The van der Waals surface area contributed by atoms with Gasteiger partial charge in [-0.2, -0.15) is 0 Å². The van der Waals surface area contributed by atoms with E-state index in [4.69, 9.17) is 10.5 Å². The maximum atomic E-state index is 12.9. The summed E-state index contributed by atoms with van der Waals surface area (Å²) in [5.41, 5.74) is 6.29. The highest BCUT2D eigenvalue weighted by atomic mass is 19.1. The second kappa shape index (κ2) is 7.21. The van der Waals surface area contributed by atoms with Crippen LogP contribution in [0.25, 0.3) is 0 Å². The molecule has 0 bridgehead atoms. The fourth-order valence-electron chi connectivity index (χ4n) is 2.20. The molecule has 1 aromatic rings. The van der Waals surface area contributed by atoms with Gasteiger partial charge in [-0.3, -0.25) is 4.79 Å². The lowest BCUT2D eigenvalue weighted by atomic mass is 10.2. The van der Waals surface area contributed by atoms with Gasteiger partial charge in [0.15, 0.2) is 0 Å². The van der Waals surface area contributed by atoms with Crippen LogP contribution in [0.5, 0.6) is 0 Å². The van der Waals surface area contributed by atoms with Gasteiger partial charge in [-0.05, 0) is 24.3 Å². The number of hydrogen-bond acceptors (Lipinski definition) is 4. The number of nitrogens with two attached hydrogens (primary N) is 1. The maximum Gasteiger partial charge on any atom is 0.248 e. The van der Waals surface area contributed by atoms with Crippen molar-refractivity contribution >= 4 is 11.6 Å². The summed E-state index contributed by atoms with van der Waals surface area (Å²) in [5, 5.41) is 0. The van der Waals surface area contributed by atoms with Gasteiger partial charge in [-0.15, -0.1) is 0 Å². The van der Waals surface area contributed by atoms with Crippen LogP contribution in [0.1, 0.15) is 0 Å². The molecule has 110 valence electrons. The number of piperazine rings is 1. The quantitative estimate of drug-likeness (QED) is 0.796. The Hall–Kier alpha value is -1.66. The molecule has 2 rings (SSSR count). The van der Waals surface area contributed by atoms with Crippen molar-refractivity contribution in [3.63, 3.8) is 0 Å². The lowest BCUT2D eigenvalue weighted by Gasteiger charge is -2.36. The summed E-state index contributed by atoms with van der Waals surface area (Å²) >= 11 is 0.